The molecule has 0 spiro atoms. The predicted octanol–water partition coefficient (Wildman–Crippen LogP) is 3.08. The fourth-order valence-electron chi connectivity index (χ4n) is 2.04. The van der Waals surface area contributed by atoms with Crippen molar-refractivity contribution in [2.24, 2.45) is 0 Å². The van der Waals surface area contributed by atoms with Gasteiger partial charge in [-0.2, -0.15) is 0 Å². The van der Waals surface area contributed by atoms with Crippen LogP contribution in [0.1, 0.15) is 43.4 Å². The Kier molecular flexibility index (Phi) is 5.70. The van der Waals surface area contributed by atoms with Crippen LogP contribution in [0.3, 0.4) is 0 Å². The average Bonchev–Trinajstić information content (AvgIpc) is 2.35. The second-order valence-corrected chi connectivity index (χ2v) is 5.96. The lowest BCUT2D eigenvalue weighted by molar-refractivity contribution is -0.137. The van der Waals surface area contributed by atoms with Crippen LogP contribution < -0.4 is 5.32 Å². The van der Waals surface area contributed by atoms with Gasteiger partial charge in [-0.05, 0) is 51.3 Å². The molecule has 1 amide bonds. The summed E-state index contributed by atoms with van der Waals surface area (Å²) in [7, 11) is 0. The van der Waals surface area contributed by atoms with Crippen molar-refractivity contribution in [3.05, 3.63) is 41.0 Å². The second kappa shape index (κ2) is 7.07. The van der Waals surface area contributed by atoms with Gasteiger partial charge >= 0.3 is 5.97 Å². The maximum absolute atomic E-state index is 11.9. The van der Waals surface area contributed by atoms with Crippen LogP contribution in [0.4, 0.5) is 0 Å². The molecule has 0 aliphatic heterocycles. The number of hydrogen-bond donors (Lipinski definition) is 2. The predicted molar refractivity (Wildman–Crippen MR) is 84.0 cm³/mol. The maximum Gasteiger partial charge on any atom is 0.303 e. The number of amides is 1. The topological polar surface area (TPSA) is 66.4 Å². The molecule has 21 heavy (non-hydrogen) atoms. The van der Waals surface area contributed by atoms with Gasteiger partial charge in [0, 0.05) is 18.0 Å². The minimum atomic E-state index is -0.858. The van der Waals surface area contributed by atoms with Gasteiger partial charge in [-0.25, -0.2) is 0 Å². The lowest BCUT2D eigenvalue weighted by atomic mass is 9.98. The minimum Gasteiger partial charge on any atom is -0.481 e. The van der Waals surface area contributed by atoms with Gasteiger partial charge in [0.25, 0.3) is 0 Å². The molecule has 0 aliphatic rings. The number of carbonyl (C=O) groups excluding carboxylic acids is 1. The SMILES string of the molecule is Cc1ccc(C=CC(=O)NC(C)(C)CCC(=O)O)c(C)c1. The molecule has 0 saturated heterocycles. The Labute approximate surface area is 125 Å². The van der Waals surface area contributed by atoms with Crippen molar-refractivity contribution < 1.29 is 14.7 Å². The van der Waals surface area contributed by atoms with Crippen LogP contribution in [0.25, 0.3) is 6.08 Å². The highest BCUT2D eigenvalue weighted by atomic mass is 16.4. The maximum atomic E-state index is 11.9. The van der Waals surface area contributed by atoms with Crippen molar-refractivity contribution in [2.45, 2.75) is 46.1 Å². The number of rotatable bonds is 6. The number of aryl methyl sites for hydroxylation is 2. The number of carboxylic acid groups (broad SMARTS) is 1. The van der Waals surface area contributed by atoms with Gasteiger partial charge in [0.15, 0.2) is 0 Å². The first kappa shape index (κ1) is 17.0. The van der Waals surface area contributed by atoms with E-state index in [9.17, 15) is 9.59 Å². The molecule has 1 rings (SSSR count). The summed E-state index contributed by atoms with van der Waals surface area (Å²) in [6.45, 7) is 7.66. The zero-order chi connectivity index (χ0) is 16.0. The fraction of sp³-hybridized carbons (Fsp3) is 0.412. The third kappa shape index (κ3) is 6.25. The van der Waals surface area contributed by atoms with Crippen molar-refractivity contribution in [1.82, 2.24) is 5.32 Å². The van der Waals surface area contributed by atoms with Crippen molar-refractivity contribution in [2.75, 3.05) is 0 Å². The molecule has 0 atom stereocenters. The minimum absolute atomic E-state index is 0.0358. The molecule has 114 valence electrons. The normalized spacial score (nSPS) is 11.6. The van der Waals surface area contributed by atoms with Crippen molar-refractivity contribution in [3.63, 3.8) is 0 Å². The molecule has 0 aromatic heterocycles. The number of carboxylic acids is 1. The van der Waals surface area contributed by atoms with E-state index in [1.807, 2.05) is 39.8 Å². The average molecular weight is 289 g/mol. The first-order chi connectivity index (χ1) is 9.69. The number of benzene rings is 1. The number of hydrogen-bond acceptors (Lipinski definition) is 2. The Morgan fingerprint density at radius 3 is 2.52 bits per heavy atom. The highest BCUT2D eigenvalue weighted by Gasteiger charge is 2.20. The van der Waals surface area contributed by atoms with Crippen LogP contribution in [-0.4, -0.2) is 22.5 Å². The van der Waals surface area contributed by atoms with Crippen LogP contribution in [0.5, 0.6) is 0 Å². The molecule has 0 fully saturated rings. The Balaban J connectivity index is 2.64. The molecule has 4 heteroatoms. The van der Waals surface area contributed by atoms with E-state index in [-0.39, 0.29) is 12.3 Å². The highest BCUT2D eigenvalue weighted by molar-refractivity contribution is 5.92. The van der Waals surface area contributed by atoms with Gasteiger partial charge in [0.2, 0.25) is 5.91 Å². The first-order valence-corrected chi connectivity index (χ1v) is 6.99. The molecule has 2 N–H and O–H groups in total. The Morgan fingerprint density at radius 1 is 1.29 bits per heavy atom. The lowest BCUT2D eigenvalue weighted by Crippen LogP contribution is -2.42. The zero-order valence-corrected chi connectivity index (χ0v) is 13.1. The summed E-state index contributed by atoms with van der Waals surface area (Å²) in [6.07, 6.45) is 3.69. The van der Waals surface area contributed by atoms with Gasteiger partial charge in [0.05, 0.1) is 0 Å². The summed E-state index contributed by atoms with van der Waals surface area (Å²) in [5.41, 5.74) is 2.76. The zero-order valence-electron chi connectivity index (χ0n) is 13.1. The molecular formula is C17H23NO3. The molecule has 0 aliphatic carbocycles. The van der Waals surface area contributed by atoms with E-state index in [2.05, 4.69) is 11.4 Å². The summed E-state index contributed by atoms with van der Waals surface area (Å²) in [5.74, 6) is -1.08. The Bertz CT molecular complexity index is 559. The quantitative estimate of drug-likeness (QED) is 0.791. The summed E-state index contributed by atoms with van der Waals surface area (Å²) in [4.78, 5) is 22.5. The molecule has 0 radical (unpaired) electrons. The molecule has 0 heterocycles. The summed E-state index contributed by atoms with van der Waals surface area (Å²) >= 11 is 0. The molecular weight excluding hydrogens is 266 g/mol. The Hall–Kier alpha value is -2.10. The standard InChI is InChI=1S/C17H23NO3/c1-12-5-6-14(13(2)11-12)7-8-15(19)18-17(3,4)10-9-16(20)21/h5-8,11H,9-10H2,1-4H3,(H,18,19)(H,20,21). The highest BCUT2D eigenvalue weighted by Crippen LogP contribution is 2.13. The van der Waals surface area contributed by atoms with E-state index >= 15 is 0 Å². The van der Waals surface area contributed by atoms with Crippen LogP contribution >= 0.6 is 0 Å². The van der Waals surface area contributed by atoms with E-state index in [0.717, 1.165) is 11.1 Å². The molecule has 4 nitrogen and oxygen atoms in total. The van der Waals surface area contributed by atoms with Crippen LogP contribution in [-0.2, 0) is 9.59 Å². The smallest absolute Gasteiger partial charge is 0.303 e. The molecule has 0 bridgehead atoms. The van der Waals surface area contributed by atoms with Crippen LogP contribution in [0.15, 0.2) is 24.3 Å². The van der Waals surface area contributed by atoms with Gasteiger partial charge in [-0.3, -0.25) is 9.59 Å². The van der Waals surface area contributed by atoms with Gasteiger partial charge in [-0.15, -0.1) is 0 Å². The van der Waals surface area contributed by atoms with Crippen molar-refractivity contribution >= 4 is 18.0 Å². The number of carbonyl (C=O) groups is 2. The Morgan fingerprint density at radius 2 is 1.95 bits per heavy atom. The van der Waals surface area contributed by atoms with E-state index in [0.29, 0.717) is 6.42 Å². The van der Waals surface area contributed by atoms with E-state index < -0.39 is 11.5 Å². The van der Waals surface area contributed by atoms with Crippen molar-refractivity contribution in [3.8, 4) is 0 Å². The number of aliphatic carboxylic acids is 1. The first-order valence-electron chi connectivity index (χ1n) is 6.99. The largest absolute Gasteiger partial charge is 0.481 e. The fourth-order valence-corrected chi connectivity index (χ4v) is 2.04. The molecule has 0 saturated carbocycles. The molecule has 1 aromatic carbocycles. The number of nitrogens with one attached hydrogen (secondary N) is 1. The van der Waals surface area contributed by atoms with E-state index in [1.54, 1.807) is 6.08 Å². The molecule has 1 aromatic rings. The third-order valence-electron chi connectivity index (χ3n) is 3.27. The third-order valence-corrected chi connectivity index (χ3v) is 3.27. The lowest BCUT2D eigenvalue weighted by Gasteiger charge is -2.24. The van der Waals surface area contributed by atoms with Crippen LogP contribution in [0, 0.1) is 13.8 Å². The monoisotopic (exact) mass is 289 g/mol. The summed E-state index contributed by atoms with van der Waals surface area (Å²) in [5, 5.41) is 11.5. The van der Waals surface area contributed by atoms with Crippen molar-refractivity contribution in [1.29, 1.82) is 0 Å². The van der Waals surface area contributed by atoms with Gasteiger partial charge in [0.1, 0.15) is 0 Å². The summed E-state index contributed by atoms with van der Waals surface area (Å²) < 4.78 is 0. The van der Waals surface area contributed by atoms with Crippen LogP contribution in [0.2, 0.25) is 0 Å². The van der Waals surface area contributed by atoms with E-state index in [4.69, 9.17) is 5.11 Å². The van der Waals surface area contributed by atoms with E-state index in [1.165, 1.54) is 11.6 Å². The molecule has 0 unspecified atom stereocenters. The second-order valence-electron chi connectivity index (χ2n) is 5.96. The van der Waals surface area contributed by atoms with Gasteiger partial charge < -0.3 is 10.4 Å². The summed E-state index contributed by atoms with van der Waals surface area (Å²) in [6, 6.07) is 6.04. The van der Waals surface area contributed by atoms with Gasteiger partial charge in [-0.1, -0.05) is 23.8 Å².